The molecule has 1 unspecified atom stereocenters. The Morgan fingerprint density at radius 2 is 1.42 bits per heavy atom. The van der Waals surface area contributed by atoms with Gasteiger partial charge in [0.25, 0.3) is 0 Å². The van der Waals surface area contributed by atoms with Gasteiger partial charge in [0.05, 0.1) is 0 Å². The fourth-order valence-corrected chi connectivity index (χ4v) is 3.89. The van der Waals surface area contributed by atoms with Gasteiger partial charge in [-0.1, -0.05) is 70.7 Å². The summed E-state index contributed by atoms with van der Waals surface area (Å²) < 4.78 is 19.4. The monoisotopic (exact) mass is 448 g/mol. The fraction of sp³-hybridized carbons (Fsp3) is 0.448. The molecule has 1 aromatic heterocycles. The molecule has 0 bridgehead atoms. The number of ether oxygens (including phenoxy) is 1. The van der Waals surface area contributed by atoms with Gasteiger partial charge in [-0.3, -0.25) is 0 Å². The van der Waals surface area contributed by atoms with Crippen LogP contribution < -0.4 is 4.74 Å². The Kier molecular flexibility index (Phi) is 9.86. The number of benzene rings is 2. The van der Waals surface area contributed by atoms with Crippen LogP contribution in [-0.2, 0) is 6.42 Å². The fourth-order valence-electron chi connectivity index (χ4n) is 3.89. The molecule has 3 aromatic rings. The number of unbranched alkanes of at least 4 members (excludes halogenated alkanes) is 4. The molecule has 33 heavy (non-hydrogen) atoms. The third-order valence-corrected chi connectivity index (χ3v) is 5.78. The molecule has 2 aromatic carbocycles. The SMILES string of the molecule is CCCCCCCc1ccc(-c2cnc(-c3ccc(OCC(F)CC(C)C)cc3)nc2)cc1. The first-order chi connectivity index (χ1) is 16.0. The molecule has 0 aliphatic rings. The van der Waals surface area contributed by atoms with Gasteiger partial charge in [-0.15, -0.1) is 0 Å². The van der Waals surface area contributed by atoms with E-state index >= 15 is 0 Å². The molecule has 0 saturated heterocycles. The summed E-state index contributed by atoms with van der Waals surface area (Å²) in [6, 6.07) is 16.2. The molecule has 1 heterocycles. The zero-order valence-corrected chi connectivity index (χ0v) is 20.3. The molecule has 0 amide bonds. The van der Waals surface area contributed by atoms with Crippen LogP contribution >= 0.6 is 0 Å². The Hall–Kier alpha value is -2.75. The molecule has 0 N–H and O–H groups in total. The van der Waals surface area contributed by atoms with E-state index in [4.69, 9.17) is 4.74 Å². The normalized spacial score (nSPS) is 12.2. The highest BCUT2D eigenvalue weighted by Gasteiger charge is 2.10. The van der Waals surface area contributed by atoms with Gasteiger partial charge in [-0.05, 0) is 60.6 Å². The van der Waals surface area contributed by atoms with Crippen LogP contribution in [0.1, 0.15) is 64.9 Å². The van der Waals surface area contributed by atoms with Crippen molar-refractivity contribution in [3.63, 3.8) is 0 Å². The molecule has 0 radical (unpaired) electrons. The lowest BCUT2D eigenvalue weighted by Gasteiger charge is -2.12. The van der Waals surface area contributed by atoms with Gasteiger partial charge in [0.15, 0.2) is 5.82 Å². The number of aromatic nitrogens is 2. The third-order valence-electron chi connectivity index (χ3n) is 5.78. The van der Waals surface area contributed by atoms with Crippen LogP contribution in [0.5, 0.6) is 5.75 Å². The van der Waals surface area contributed by atoms with Crippen LogP contribution in [0.15, 0.2) is 60.9 Å². The number of nitrogens with zero attached hydrogens (tertiary/aromatic N) is 2. The molecule has 0 saturated carbocycles. The highest BCUT2D eigenvalue weighted by atomic mass is 19.1. The number of aryl methyl sites for hydroxylation is 1. The van der Waals surface area contributed by atoms with E-state index in [1.54, 1.807) is 0 Å². The summed E-state index contributed by atoms with van der Waals surface area (Å²) >= 11 is 0. The minimum atomic E-state index is -0.944. The second-order valence-corrected chi connectivity index (χ2v) is 9.22. The maximum atomic E-state index is 13.8. The number of alkyl halides is 1. The number of rotatable bonds is 13. The largest absolute Gasteiger partial charge is 0.491 e. The summed E-state index contributed by atoms with van der Waals surface area (Å²) in [6.45, 7) is 6.36. The van der Waals surface area contributed by atoms with Gasteiger partial charge in [0, 0.05) is 23.5 Å². The maximum Gasteiger partial charge on any atom is 0.159 e. The lowest BCUT2D eigenvalue weighted by atomic mass is 10.0. The summed E-state index contributed by atoms with van der Waals surface area (Å²) in [5.74, 6) is 1.65. The van der Waals surface area contributed by atoms with Crippen molar-refractivity contribution in [2.24, 2.45) is 5.92 Å². The van der Waals surface area contributed by atoms with Crippen molar-refractivity contribution in [3.05, 3.63) is 66.5 Å². The smallest absolute Gasteiger partial charge is 0.159 e. The Morgan fingerprint density at radius 1 is 0.788 bits per heavy atom. The van der Waals surface area contributed by atoms with E-state index < -0.39 is 6.17 Å². The van der Waals surface area contributed by atoms with E-state index in [-0.39, 0.29) is 6.61 Å². The van der Waals surface area contributed by atoms with E-state index in [0.29, 0.717) is 23.9 Å². The lowest BCUT2D eigenvalue weighted by Crippen LogP contribution is -2.15. The first-order valence-corrected chi connectivity index (χ1v) is 12.3. The van der Waals surface area contributed by atoms with E-state index in [9.17, 15) is 4.39 Å². The van der Waals surface area contributed by atoms with E-state index in [1.807, 2.05) is 50.5 Å². The van der Waals surface area contributed by atoms with Gasteiger partial charge in [0.1, 0.15) is 18.5 Å². The second-order valence-electron chi connectivity index (χ2n) is 9.22. The second kappa shape index (κ2) is 13.1. The first kappa shape index (κ1) is 24.9. The summed E-state index contributed by atoms with van der Waals surface area (Å²) in [5, 5.41) is 0. The van der Waals surface area contributed by atoms with Crippen molar-refractivity contribution in [1.29, 1.82) is 0 Å². The van der Waals surface area contributed by atoms with Crippen molar-refractivity contribution in [3.8, 4) is 28.3 Å². The zero-order chi connectivity index (χ0) is 23.5. The van der Waals surface area contributed by atoms with Crippen molar-refractivity contribution in [2.45, 2.75) is 71.9 Å². The number of halogens is 1. The molecule has 1 atom stereocenters. The Balaban J connectivity index is 1.53. The number of hydrogen-bond donors (Lipinski definition) is 0. The van der Waals surface area contributed by atoms with Crippen molar-refractivity contribution in [1.82, 2.24) is 9.97 Å². The van der Waals surface area contributed by atoms with Crippen molar-refractivity contribution < 1.29 is 9.13 Å². The average Bonchev–Trinajstić information content (AvgIpc) is 2.83. The van der Waals surface area contributed by atoms with Crippen LogP contribution in [0.2, 0.25) is 0 Å². The highest BCUT2D eigenvalue weighted by Crippen LogP contribution is 2.23. The predicted molar refractivity (Wildman–Crippen MR) is 135 cm³/mol. The number of hydrogen-bond acceptors (Lipinski definition) is 3. The Labute approximate surface area is 198 Å². The van der Waals surface area contributed by atoms with Crippen molar-refractivity contribution in [2.75, 3.05) is 6.61 Å². The van der Waals surface area contributed by atoms with Crippen LogP contribution in [0.4, 0.5) is 4.39 Å². The van der Waals surface area contributed by atoms with Gasteiger partial charge < -0.3 is 4.74 Å². The highest BCUT2D eigenvalue weighted by molar-refractivity contribution is 5.64. The molecular weight excluding hydrogens is 411 g/mol. The third kappa shape index (κ3) is 8.27. The van der Waals surface area contributed by atoms with Crippen LogP contribution in [-0.4, -0.2) is 22.7 Å². The van der Waals surface area contributed by atoms with E-state index in [1.165, 1.54) is 37.7 Å². The molecule has 3 nitrogen and oxygen atoms in total. The standard InChI is InChI=1S/C29H37FN2O/c1-4-5-6-7-8-9-23-10-12-24(13-11-23)26-19-31-29(32-20-26)25-14-16-28(17-15-25)33-21-27(30)18-22(2)3/h10-17,19-20,22,27H,4-9,18,21H2,1-3H3. The maximum absolute atomic E-state index is 13.8. The van der Waals surface area contributed by atoms with Gasteiger partial charge in [-0.25, -0.2) is 14.4 Å². The summed E-state index contributed by atoms with van der Waals surface area (Å²) in [6.07, 6.45) is 11.0. The van der Waals surface area contributed by atoms with Crippen LogP contribution in [0.25, 0.3) is 22.5 Å². The zero-order valence-electron chi connectivity index (χ0n) is 20.3. The molecule has 176 valence electrons. The summed E-state index contributed by atoms with van der Waals surface area (Å²) in [5.41, 5.74) is 4.43. The van der Waals surface area contributed by atoms with Crippen molar-refractivity contribution >= 4 is 0 Å². The summed E-state index contributed by atoms with van der Waals surface area (Å²) in [7, 11) is 0. The van der Waals surface area contributed by atoms with Crippen LogP contribution in [0.3, 0.4) is 0 Å². The van der Waals surface area contributed by atoms with Crippen LogP contribution in [0, 0.1) is 5.92 Å². The predicted octanol–water partition coefficient (Wildman–Crippen LogP) is 8.09. The molecule has 4 heteroatoms. The molecule has 0 fully saturated rings. The molecule has 0 aliphatic carbocycles. The average molecular weight is 449 g/mol. The molecular formula is C29H37FN2O. The first-order valence-electron chi connectivity index (χ1n) is 12.3. The minimum Gasteiger partial charge on any atom is -0.491 e. The lowest BCUT2D eigenvalue weighted by molar-refractivity contribution is 0.174. The van der Waals surface area contributed by atoms with Gasteiger partial charge >= 0.3 is 0 Å². The molecule has 0 spiro atoms. The van der Waals surface area contributed by atoms with E-state index in [2.05, 4.69) is 41.2 Å². The topological polar surface area (TPSA) is 35.0 Å². The Morgan fingerprint density at radius 3 is 2.06 bits per heavy atom. The minimum absolute atomic E-state index is 0.0837. The quantitative estimate of drug-likeness (QED) is 0.248. The molecule has 3 rings (SSSR count). The molecule has 0 aliphatic heterocycles. The summed E-state index contributed by atoms with van der Waals surface area (Å²) in [4.78, 5) is 9.10. The van der Waals surface area contributed by atoms with Gasteiger partial charge in [-0.2, -0.15) is 0 Å². The van der Waals surface area contributed by atoms with E-state index in [0.717, 1.165) is 23.1 Å². The Bertz CT molecular complexity index is 937. The van der Waals surface area contributed by atoms with Gasteiger partial charge in [0.2, 0.25) is 0 Å².